The predicted molar refractivity (Wildman–Crippen MR) is 77.8 cm³/mol. The third kappa shape index (κ3) is 5.11. The number of nitrogens with zero attached hydrogens (tertiary/aromatic N) is 1. The normalized spacial score (nSPS) is 17.0. The average Bonchev–Trinajstić information content (AvgIpc) is 2.37. The van der Waals surface area contributed by atoms with Crippen molar-refractivity contribution in [3.63, 3.8) is 0 Å². The Morgan fingerprint density at radius 2 is 2.00 bits per heavy atom. The Kier molecular flexibility index (Phi) is 7.39. The molecular weight excluding hydrogens is 240 g/mol. The highest BCUT2D eigenvalue weighted by molar-refractivity contribution is 5.77. The molecule has 19 heavy (non-hydrogen) atoms. The maximum atomic E-state index is 12.3. The Labute approximate surface area is 117 Å². The molecule has 1 amide bonds. The van der Waals surface area contributed by atoms with Gasteiger partial charge in [0.15, 0.2) is 0 Å². The number of aliphatic hydroxyl groups excluding tert-OH is 1. The Morgan fingerprint density at radius 3 is 2.47 bits per heavy atom. The van der Waals surface area contributed by atoms with E-state index in [4.69, 9.17) is 10.8 Å². The van der Waals surface area contributed by atoms with E-state index < -0.39 is 0 Å². The summed E-state index contributed by atoms with van der Waals surface area (Å²) in [4.78, 5) is 14.1. The van der Waals surface area contributed by atoms with Gasteiger partial charge in [-0.2, -0.15) is 0 Å². The first-order valence-electron chi connectivity index (χ1n) is 7.76. The molecule has 0 spiro atoms. The summed E-state index contributed by atoms with van der Waals surface area (Å²) in [6, 6.07) is 0. The lowest BCUT2D eigenvalue weighted by Gasteiger charge is -2.41. The van der Waals surface area contributed by atoms with E-state index in [2.05, 4.69) is 6.92 Å². The first-order valence-corrected chi connectivity index (χ1v) is 7.76. The fourth-order valence-electron chi connectivity index (χ4n) is 2.77. The van der Waals surface area contributed by atoms with Crippen molar-refractivity contribution in [3.05, 3.63) is 0 Å². The first-order chi connectivity index (χ1) is 9.17. The predicted octanol–water partition coefficient (Wildman–Crippen LogP) is 1.91. The number of unbranched alkanes of at least 4 members (excludes halogenated alkanes) is 3. The minimum atomic E-state index is 0.0507. The van der Waals surface area contributed by atoms with Crippen molar-refractivity contribution in [3.8, 4) is 0 Å². The summed E-state index contributed by atoms with van der Waals surface area (Å²) in [5, 5.41) is 9.10. The van der Waals surface area contributed by atoms with Gasteiger partial charge in [0.05, 0.1) is 6.61 Å². The highest BCUT2D eigenvalue weighted by Crippen LogP contribution is 2.43. The first kappa shape index (κ1) is 16.4. The Bertz CT molecular complexity index is 259. The van der Waals surface area contributed by atoms with Gasteiger partial charge in [0.2, 0.25) is 5.91 Å². The number of amides is 1. The quantitative estimate of drug-likeness (QED) is 0.596. The van der Waals surface area contributed by atoms with Crippen molar-refractivity contribution >= 4 is 5.91 Å². The molecule has 0 aliphatic heterocycles. The maximum absolute atomic E-state index is 12.3. The molecule has 0 aromatic carbocycles. The second-order valence-corrected chi connectivity index (χ2v) is 5.90. The van der Waals surface area contributed by atoms with E-state index in [0.29, 0.717) is 19.5 Å². The van der Waals surface area contributed by atoms with Crippen LogP contribution < -0.4 is 5.73 Å². The summed E-state index contributed by atoms with van der Waals surface area (Å²) in [5.74, 6) is 0.177. The lowest BCUT2D eigenvalue weighted by atomic mass is 9.66. The summed E-state index contributed by atoms with van der Waals surface area (Å²) in [6.07, 6.45) is 8.54. The summed E-state index contributed by atoms with van der Waals surface area (Å²) in [5.41, 5.74) is 5.87. The Hall–Kier alpha value is -0.610. The molecule has 4 heteroatoms. The van der Waals surface area contributed by atoms with Crippen LogP contribution in [0.4, 0.5) is 0 Å². The standard InChI is InChI=1S/C15H30N2O2/c1-2-3-4-5-9-17(10-11-18)14(19)12-15(13-16)7-6-8-15/h18H,2-13,16H2,1H3. The van der Waals surface area contributed by atoms with Crippen molar-refractivity contribution in [2.75, 3.05) is 26.2 Å². The van der Waals surface area contributed by atoms with Crippen LogP contribution >= 0.6 is 0 Å². The molecule has 1 aliphatic carbocycles. The van der Waals surface area contributed by atoms with Gasteiger partial charge in [-0.05, 0) is 31.2 Å². The van der Waals surface area contributed by atoms with E-state index in [1.807, 2.05) is 4.90 Å². The van der Waals surface area contributed by atoms with E-state index in [9.17, 15) is 4.79 Å². The van der Waals surface area contributed by atoms with Crippen LogP contribution in [0, 0.1) is 5.41 Å². The van der Waals surface area contributed by atoms with Crippen LogP contribution in [0.1, 0.15) is 58.3 Å². The number of hydrogen-bond donors (Lipinski definition) is 2. The molecule has 0 unspecified atom stereocenters. The smallest absolute Gasteiger partial charge is 0.223 e. The van der Waals surface area contributed by atoms with Crippen molar-refractivity contribution < 1.29 is 9.90 Å². The molecule has 0 aromatic rings. The largest absolute Gasteiger partial charge is 0.395 e. The third-order valence-corrected chi connectivity index (χ3v) is 4.38. The van der Waals surface area contributed by atoms with Crippen molar-refractivity contribution in [1.82, 2.24) is 4.90 Å². The fourth-order valence-corrected chi connectivity index (χ4v) is 2.77. The minimum Gasteiger partial charge on any atom is -0.395 e. The lowest BCUT2D eigenvalue weighted by Crippen LogP contribution is -2.44. The third-order valence-electron chi connectivity index (χ3n) is 4.38. The molecule has 0 bridgehead atoms. The molecule has 3 N–H and O–H groups in total. The van der Waals surface area contributed by atoms with E-state index in [1.165, 1.54) is 19.3 Å². The zero-order valence-electron chi connectivity index (χ0n) is 12.4. The average molecular weight is 270 g/mol. The van der Waals surface area contributed by atoms with E-state index >= 15 is 0 Å². The van der Waals surface area contributed by atoms with Gasteiger partial charge in [-0.25, -0.2) is 0 Å². The number of nitrogens with two attached hydrogens (primary N) is 1. The Morgan fingerprint density at radius 1 is 1.26 bits per heavy atom. The molecule has 112 valence electrons. The zero-order valence-corrected chi connectivity index (χ0v) is 12.4. The van der Waals surface area contributed by atoms with Gasteiger partial charge < -0.3 is 15.7 Å². The molecule has 0 heterocycles. The van der Waals surface area contributed by atoms with Crippen LogP contribution in [-0.4, -0.2) is 42.2 Å². The van der Waals surface area contributed by atoms with Crippen LogP contribution in [0.15, 0.2) is 0 Å². The minimum absolute atomic E-state index is 0.0507. The number of aliphatic hydroxyl groups is 1. The van der Waals surface area contributed by atoms with Crippen molar-refractivity contribution in [1.29, 1.82) is 0 Å². The van der Waals surface area contributed by atoms with Crippen LogP contribution in [0.25, 0.3) is 0 Å². The van der Waals surface area contributed by atoms with Gasteiger partial charge in [0.1, 0.15) is 0 Å². The molecule has 1 fully saturated rings. The summed E-state index contributed by atoms with van der Waals surface area (Å²) >= 11 is 0. The zero-order chi connectivity index (χ0) is 14.1. The SMILES string of the molecule is CCCCCCN(CCO)C(=O)CC1(CN)CCC1. The molecule has 0 aromatic heterocycles. The Balaban J connectivity index is 2.38. The van der Waals surface area contributed by atoms with Gasteiger partial charge >= 0.3 is 0 Å². The van der Waals surface area contributed by atoms with Gasteiger partial charge in [-0.15, -0.1) is 0 Å². The molecule has 0 radical (unpaired) electrons. The maximum Gasteiger partial charge on any atom is 0.223 e. The molecule has 4 nitrogen and oxygen atoms in total. The van der Waals surface area contributed by atoms with Crippen LogP contribution in [-0.2, 0) is 4.79 Å². The van der Waals surface area contributed by atoms with Crippen molar-refractivity contribution in [2.24, 2.45) is 11.1 Å². The molecule has 0 saturated heterocycles. The topological polar surface area (TPSA) is 66.6 Å². The summed E-state index contributed by atoms with van der Waals surface area (Å²) in [6.45, 7) is 4.08. The number of carbonyl (C=O) groups excluding carboxylic acids is 1. The van der Waals surface area contributed by atoms with Gasteiger partial charge in [-0.3, -0.25) is 4.79 Å². The highest BCUT2D eigenvalue weighted by Gasteiger charge is 2.38. The van der Waals surface area contributed by atoms with E-state index in [-0.39, 0.29) is 17.9 Å². The molecule has 1 saturated carbocycles. The molecule has 1 aliphatic rings. The fraction of sp³-hybridized carbons (Fsp3) is 0.933. The molecule has 1 rings (SSSR count). The second kappa shape index (κ2) is 8.54. The van der Waals surface area contributed by atoms with E-state index in [0.717, 1.165) is 32.2 Å². The summed E-state index contributed by atoms with van der Waals surface area (Å²) < 4.78 is 0. The number of rotatable bonds is 10. The molecule has 0 atom stereocenters. The molecular formula is C15H30N2O2. The number of carbonyl (C=O) groups is 1. The lowest BCUT2D eigenvalue weighted by molar-refractivity contribution is -0.135. The number of hydrogen-bond acceptors (Lipinski definition) is 3. The van der Waals surface area contributed by atoms with Gasteiger partial charge in [-0.1, -0.05) is 32.6 Å². The van der Waals surface area contributed by atoms with E-state index in [1.54, 1.807) is 0 Å². The van der Waals surface area contributed by atoms with Gasteiger partial charge in [0, 0.05) is 19.5 Å². The van der Waals surface area contributed by atoms with Crippen molar-refractivity contribution in [2.45, 2.75) is 58.3 Å². The highest BCUT2D eigenvalue weighted by atomic mass is 16.3. The van der Waals surface area contributed by atoms with Crippen LogP contribution in [0.3, 0.4) is 0 Å². The van der Waals surface area contributed by atoms with Gasteiger partial charge in [0.25, 0.3) is 0 Å². The van der Waals surface area contributed by atoms with Crippen LogP contribution in [0.5, 0.6) is 0 Å². The summed E-state index contributed by atoms with van der Waals surface area (Å²) in [7, 11) is 0. The van der Waals surface area contributed by atoms with Crippen LogP contribution in [0.2, 0.25) is 0 Å². The monoisotopic (exact) mass is 270 g/mol. The second-order valence-electron chi connectivity index (χ2n) is 5.90.